The molecule has 5 rings (SSSR count). The fourth-order valence-electron chi connectivity index (χ4n) is 4.19. The van der Waals surface area contributed by atoms with Crippen LogP contribution < -0.4 is 0 Å². The molecule has 146 valence electrons. The Morgan fingerprint density at radius 2 is 1.17 bits per heavy atom. The van der Waals surface area contributed by atoms with E-state index in [1.807, 2.05) is 6.33 Å². The van der Waals surface area contributed by atoms with E-state index in [0.29, 0.717) is 0 Å². The van der Waals surface area contributed by atoms with Gasteiger partial charge < -0.3 is 4.57 Å². The molecule has 0 unspecified atom stereocenters. The van der Waals surface area contributed by atoms with E-state index in [0.717, 1.165) is 5.69 Å². The van der Waals surface area contributed by atoms with Crippen molar-refractivity contribution in [1.82, 2.24) is 9.55 Å². The molecule has 0 saturated heterocycles. The Morgan fingerprint density at radius 1 is 0.667 bits per heavy atom. The zero-order chi connectivity index (χ0) is 20.4. The quantitative estimate of drug-likeness (QED) is 0.295. The number of hydrogen-bond acceptors (Lipinski definition) is 2. The maximum absolute atomic E-state index is 4.82. The molecule has 0 aliphatic carbocycles. The number of rotatable bonds is 5. The van der Waals surface area contributed by atoms with E-state index in [2.05, 4.69) is 121 Å². The number of nitrogens with zero attached hydrogens (tertiary/aromatic N) is 2. The molecule has 0 aliphatic rings. The van der Waals surface area contributed by atoms with E-state index in [9.17, 15) is 0 Å². The highest BCUT2D eigenvalue weighted by molar-refractivity contribution is 7.15. The maximum atomic E-state index is 4.82. The van der Waals surface area contributed by atoms with Gasteiger partial charge in [-0.1, -0.05) is 91.0 Å². The van der Waals surface area contributed by atoms with Gasteiger partial charge in [0.25, 0.3) is 0 Å². The summed E-state index contributed by atoms with van der Waals surface area (Å²) in [6.07, 6.45) is 4.15. The molecule has 3 heteroatoms. The van der Waals surface area contributed by atoms with E-state index in [1.54, 1.807) is 11.3 Å². The van der Waals surface area contributed by atoms with Gasteiger partial charge in [-0.05, 0) is 35.7 Å². The number of benzene rings is 3. The normalized spacial score (nSPS) is 11.5. The average molecular weight is 407 g/mol. The van der Waals surface area contributed by atoms with Crippen LogP contribution in [0.15, 0.2) is 116 Å². The molecule has 2 heterocycles. The lowest BCUT2D eigenvalue weighted by Gasteiger charge is -2.37. The summed E-state index contributed by atoms with van der Waals surface area (Å²) >= 11 is 1.78. The van der Waals surface area contributed by atoms with Crippen molar-refractivity contribution in [3.8, 4) is 10.6 Å². The summed E-state index contributed by atoms with van der Waals surface area (Å²) in [6.45, 7) is 2.13. The maximum Gasteiger partial charge on any atom is 0.121 e. The Labute approximate surface area is 181 Å². The van der Waals surface area contributed by atoms with Crippen LogP contribution in [0.5, 0.6) is 0 Å². The third kappa shape index (κ3) is 3.08. The van der Waals surface area contributed by atoms with E-state index in [1.165, 1.54) is 26.4 Å². The molecular formula is C27H22N2S. The molecule has 30 heavy (non-hydrogen) atoms. The Hall–Kier alpha value is -3.43. The molecule has 0 bridgehead atoms. The molecule has 0 fully saturated rings. The molecule has 0 atom stereocenters. The lowest BCUT2D eigenvalue weighted by molar-refractivity contribution is 0.515. The largest absolute Gasteiger partial charge is 0.318 e. The lowest BCUT2D eigenvalue weighted by atomic mass is 9.77. The summed E-state index contributed by atoms with van der Waals surface area (Å²) in [5.74, 6) is 0. The molecule has 0 N–H and O–H groups in total. The van der Waals surface area contributed by atoms with Gasteiger partial charge in [0, 0.05) is 11.1 Å². The van der Waals surface area contributed by atoms with Crippen molar-refractivity contribution in [3.63, 3.8) is 0 Å². The predicted octanol–water partition coefficient (Wildman–Crippen LogP) is 6.76. The molecule has 0 amide bonds. The van der Waals surface area contributed by atoms with Crippen LogP contribution in [0.3, 0.4) is 0 Å². The summed E-state index contributed by atoms with van der Waals surface area (Å²) in [4.78, 5) is 7.30. The molecule has 2 nitrogen and oxygen atoms in total. The number of aryl methyl sites for hydroxylation is 1. The van der Waals surface area contributed by atoms with E-state index in [4.69, 9.17) is 4.98 Å². The van der Waals surface area contributed by atoms with Crippen molar-refractivity contribution in [2.24, 2.45) is 0 Å². The van der Waals surface area contributed by atoms with Crippen LogP contribution in [0.2, 0.25) is 0 Å². The van der Waals surface area contributed by atoms with Crippen LogP contribution in [0.1, 0.15) is 21.6 Å². The molecule has 5 aromatic rings. The SMILES string of the molecule is Cc1ccc(-c2cn(C(c3ccccc3)(c3ccccc3)c3ccccc3)cn2)s1. The fourth-order valence-corrected chi connectivity index (χ4v) is 5.02. The number of hydrogen-bond donors (Lipinski definition) is 0. The molecule has 2 aromatic heterocycles. The Morgan fingerprint density at radius 3 is 1.60 bits per heavy atom. The molecule has 0 saturated carbocycles. The minimum Gasteiger partial charge on any atom is -0.318 e. The van der Waals surface area contributed by atoms with Gasteiger partial charge in [0.05, 0.1) is 16.9 Å². The fraction of sp³-hybridized carbons (Fsp3) is 0.0741. The zero-order valence-electron chi connectivity index (χ0n) is 16.8. The van der Waals surface area contributed by atoms with E-state index in [-0.39, 0.29) is 0 Å². The second-order valence-corrected chi connectivity index (χ2v) is 8.67. The summed E-state index contributed by atoms with van der Waals surface area (Å²) in [6, 6.07) is 36.4. The Kier molecular flexibility index (Phi) is 4.82. The molecule has 0 spiro atoms. The molecular weight excluding hydrogens is 384 g/mol. The topological polar surface area (TPSA) is 17.8 Å². The van der Waals surface area contributed by atoms with E-state index < -0.39 is 5.54 Å². The Bertz CT molecular complexity index is 1140. The smallest absolute Gasteiger partial charge is 0.121 e. The monoisotopic (exact) mass is 406 g/mol. The number of imidazole rings is 1. The Balaban J connectivity index is 1.82. The summed E-state index contributed by atoms with van der Waals surface area (Å²) in [7, 11) is 0. The minimum atomic E-state index is -0.513. The standard InChI is InChI=1S/C27H22N2S/c1-21-17-18-26(30-21)25-19-29(20-28-25)27(22-11-5-2-6-12-22,23-13-7-3-8-14-23)24-15-9-4-10-16-24/h2-20H,1H3. The van der Waals surface area contributed by atoms with Crippen molar-refractivity contribution in [1.29, 1.82) is 0 Å². The summed E-state index contributed by atoms with van der Waals surface area (Å²) < 4.78 is 2.26. The highest BCUT2D eigenvalue weighted by Gasteiger charge is 2.38. The second kappa shape index (κ2) is 7.77. The number of thiophene rings is 1. The van der Waals surface area contributed by atoms with Gasteiger partial charge >= 0.3 is 0 Å². The first-order chi connectivity index (χ1) is 14.8. The molecule has 3 aromatic carbocycles. The minimum absolute atomic E-state index is 0.513. The summed E-state index contributed by atoms with van der Waals surface area (Å²) in [5.41, 5.74) is 4.10. The van der Waals surface area contributed by atoms with Crippen LogP contribution >= 0.6 is 11.3 Å². The van der Waals surface area contributed by atoms with Crippen LogP contribution in [0.25, 0.3) is 10.6 Å². The van der Waals surface area contributed by atoms with Gasteiger partial charge in [-0.25, -0.2) is 4.98 Å². The van der Waals surface area contributed by atoms with Crippen molar-refractivity contribution in [2.45, 2.75) is 12.5 Å². The molecule has 0 radical (unpaired) electrons. The van der Waals surface area contributed by atoms with Crippen LogP contribution in [0, 0.1) is 6.92 Å². The van der Waals surface area contributed by atoms with Crippen molar-refractivity contribution in [2.75, 3.05) is 0 Å². The van der Waals surface area contributed by atoms with Gasteiger partial charge in [-0.3, -0.25) is 0 Å². The van der Waals surface area contributed by atoms with Gasteiger partial charge in [-0.15, -0.1) is 11.3 Å². The first-order valence-electron chi connectivity index (χ1n) is 10.1. The first-order valence-corrected chi connectivity index (χ1v) is 10.9. The predicted molar refractivity (Wildman–Crippen MR) is 125 cm³/mol. The van der Waals surface area contributed by atoms with Crippen molar-refractivity contribution < 1.29 is 0 Å². The van der Waals surface area contributed by atoms with Crippen molar-refractivity contribution in [3.05, 3.63) is 137 Å². The van der Waals surface area contributed by atoms with Crippen LogP contribution in [-0.2, 0) is 5.54 Å². The summed E-state index contributed by atoms with van der Waals surface area (Å²) in [5, 5.41) is 0. The van der Waals surface area contributed by atoms with Gasteiger partial charge in [0.2, 0.25) is 0 Å². The lowest BCUT2D eigenvalue weighted by Crippen LogP contribution is -2.36. The van der Waals surface area contributed by atoms with Crippen LogP contribution in [-0.4, -0.2) is 9.55 Å². The van der Waals surface area contributed by atoms with Gasteiger partial charge in [0.1, 0.15) is 5.54 Å². The van der Waals surface area contributed by atoms with E-state index >= 15 is 0 Å². The van der Waals surface area contributed by atoms with Crippen LogP contribution in [0.4, 0.5) is 0 Å². The van der Waals surface area contributed by atoms with Gasteiger partial charge in [-0.2, -0.15) is 0 Å². The number of aromatic nitrogens is 2. The van der Waals surface area contributed by atoms with Crippen molar-refractivity contribution >= 4 is 11.3 Å². The third-order valence-corrected chi connectivity index (χ3v) is 6.56. The average Bonchev–Trinajstić information content (AvgIpc) is 3.46. The van der Waals surface area contributed by atoms with Gasteiger partial charge in [0.15, 0.2) is 0 Å². The second-order valence-electron chi connectivity index (χ2n) is 7.38. The third-order valence-electron chi connectivity index (χ3n) is 5.54. The molecule has 0 aliphatic heterocycles. The zero-order valence-corrected chi connectivity index (χ0v) is 17.6. The first kappa shape index (κ1) is 18.6. The highest BCUT2D eigenvalue weighted by atomic mass is 32.1. The highest BCUT2D eigenvalue weighted by Crippen LogP contribution is 2.41.